The van der Waals surface area contributed by atoms with E-state index >= 15 is 0 Å². The van der Waals surface area contributed by atoms with Crippen molar-refractivity contribution in [1.82, 2.24) is 10.6 Å². The molecule has 0 radical (unpaired) electrons. The number of furan rings is 1. The van der Waals surface area contributed by atoms with E-state index in [1.54, 1.807) is 0 Å². The van der Waals surface area contributed by atoms with Gasteiger partial charge in [-0.15, -0.1) is 0 Å². The number of rotatable bonds is 6. The van der Waals surface area contributed by atoms with Crippen molar-refractivity contribution in [1.29, 1.82) is 0 Å². The summed E-state index contributed by atoms with van der Waals surface area (Å²) in [5.74, 6) is -2.28. The zero-order chi connectivity index (χ0) is 15.3. The highest BCUT2D eigenvalue weighted by molar-refractivity contribution is 5.97. The maximum atomic E-state index is 11.8. The molecule has 0 aliphatic rings. The van der Waals surface area contributed by atoms with Crippen molar-refractivity contribution in [2.45, 2.75) is 39.3 Å². The van der Waals surface area contributed by atoms with Crippen molar-refractivity contribution in [3.63, 3.8) is 0 Å². The Morgan fingerprint density at radius 1 is 1.30 bits per heavy atom. The van der Waals surface area contributed by atoms with E-state index in [1.165, 1.54) is 6.92 Å². The zero-order valence-electron chi connectivity index (χ0n) is 11.6. The van der Waals surface area contributed by atoms with Crippen molar-refractivity contribution < 1.29 is 23.9 Å². The van der Waals surface area contributed by atoms with Gasteiger partial charge in [-0.1, -0.05) is 6.92 Å². The van der Waals surface area contributed by atoms with Crippen LogP contribution in [-0.4, -0.2) is 35.0 Å². The second kappa shape index (κ2) is 6.74. The van der Waals surface area contributed by atoms with Gasteiger partial charge in [-0.25, -0.2) is 4.79 Å². The molecule has 0 aliphatic heterocycles. The van der Waals surface area contributed by atoms with Gasteiger partial charge in [0.15, 0.2) is 5.76 Å². The van der Waals surface area contributed by atoms with Crippen LogP contribution in [0.1, 0.15) is 48.1 Å². The lowest BCUT2D eigenvalue weighted by Crippen LogP contribution is -2.47. The number of hydrogen-bond donors (Lipinski definition) is 3. The first-order valence-electron chi connectivity index (χ1n) is 6.28. The summed E-state index contributed by atoms with van der Waals surface area (Å²) in [4.78, 5) is 34.2. The number of nitrogens with one attached hydrogen (secondary N) is 2. The van der Waals surface area contributed by atoms with Crippen LogP contribution in [0.15, 0.2) is 16.7 Å². The summed E-state index contributed by atoms with van der Waals surface area (Å²) < 4.78 is 4.85. The summed E-state index contributed by atoms with van der Waals surface area (Å²) in [6, 6.07) is 0.385. The lowest BCUT2D eigenvalue weighted by Gasteiger charge is -2.16. The predicted octanol–water partition coefficient (Wildman–Crippen LogP) is 1.01. The molecule has 1 aromatic heterocycles. The van der Waals surface area contributed by atoms with Crippen LogP contribution in [-0.2, 0) is 4.79 Å². The number of carbonyl (C=O) groups excluding carboxylic acids is 2. The van der Waals surface area contributed by atoms with Gasteiger partial charge in [-0.3, -0.25) is 9.59 Å². The fourth-order valence-corrected chi connectivity index (χ4v) is 1.37. The number of amides is 2. The van der Waals surface area contributed by atoms with Crippen molar-refractivity contribution in [3.8, 4) is 0 Å². The predicted molar refractivity (Wildman–Crippen MR) is 70.5 cm³/mol. The van der Waals surface area contributed by atoms with Crippen molar-refractivity contribution in [3.05, 3.63) is 23.7 Å². The lowest BCUT2D eigenvalue weighted by molar-refractivity contribution is -0.123. The van der Waals surface area contributed by atoms with E-state index in [2.05, 4.69) is 10.6 Å². The Labute approximate surface area is 116 Å². The van der Waals surface area contributed by atoms with Crippen molar-refractivity contribution in [2.24, 2.45) is 0 Å². The highest BCUT2D eigenvalue weighted by Gasteiger charge is 2.20. The smallest absolute Gasteiger partial charge is 0.338 e. The van der Waals surface area contributed by atoms with Gasteiger partial charge in [-0.05, 0) is 20.3 Å². The number of carboxylic acid groups (broad SMARTS) is 1. The number of carbonyl (C=O) groups is 3. The summed E-state index contributed by atoms with van der Waals surface area (Å²) in [6.45, 7) is 5.33. The third kappa shape index (κ3) is 4.11. The van der Waals surface area contributed by atoms with Gasteiger partial charge in [0, 0.05) is 12.1 Å². The van der Waals surface area contributed by atoms with Crippen LogP contribution in [0.3, 0.4) is 0 Å². The third-order valence-corrected chi connectivity index (χ3v) is 2.81. The van der Waals surface area contributed by atoms with Gasteiger partial charge < -0.3 is 20.2 Å². The highest BCUT2D eigenvalue weighted by Crippen LogP contribution is 2.08. The molecule has 7 nitrogen and oxygen atoms in total. The SMILES string of the molecule is CCC(C)NC(=O)C(C)NC(=O)c1cc(C(=O)O)co1. The second-order valence-electron chi connectivity index (χ2n) is 4.52. The van der Waals surface area contributed by atoms with E-state index < -0.39 is 17.9 Å². The average Bonchev–Trinajstić information content (AvgIpc) is 2.88. The van der Waals surface area contributed by atoms with Crippen LogP contribution >= 0.6 is 0 Å². The molecule has 1 rings (SSSR count). The fraction of sp³-hybridized carbons (Fsp3) is 0.462. The molecule has 0 spiro atoms. The summed E-state index contributed by atoms with van der Waals surface area (Å²) >= 11 is 0. The molecule has 0 fully saturated rings. The Bertz CT molecular complexity index is 509. The van der Waals surface area contributed by atoms with E-state index in [4.69, 9.17) is 9.52 Å². The van der Waals surface area contributed by atoms with Crippen LogP contribution in [0.2, 0.25) is 0 Å². The molecule has 20 heavy (non-hydrogen) atoms. The van der Waals surface area contributed by atoms with Crippen LogP contribution in [0.4, 0.5) is 0 Å². The minimum absolute atomic E-state index is 0.0177. The quantitative estimate of drug-likeness (QED) is 0.721. The van der Waals surface area contributed by atoms with Crippen LogP contribution in [0.25, 0.3) is 0 Å². The fourth-order valence-electron chi connectivity index (χ4n) is 1.37. The number of carboxylic acids is 1. The maximum Gasteiger partial charge on any atom is 0.338 e. The largest absolute Gasteiger partial charge is 0.478 e. The van der Waals surface area contributed by atoms with E-state index in [-0.39, 0.29) is 23.3 Å². The molecule has 7 heteroatoms. The zero-order valence-corrected chi connectivity index (χ0v) is 11.6. The Hall–Kier alpha value is -2.31. The van der Waals surface area contributed by atoms with Crippen LogP contribution in [0, 0.1) is 0 Å². The molecule has 1 aromatic rings. The standard InChI is InChI=1S/C13H18N2O5/c1-4-7(2)14-11(16)8(3)15-12(17)10-5-9(6-20-10)13(18)19/h5-8H,4H2,1-3H3,(H,14,16)(H,15,17)(H,18,19). The first-order valence-corrected chi connectivity index (χ1v) is 6.28. The minimum Gasteiger partial charge on any atom is -0.478 e. The molecule has 2 amide bonds. The summed E-state index contributed by atoms with van der Waals surface area (Å²) in [7, 11) is 0. The molecule has 3 N–H and O–H groups in total. The van der Waals surface area contributed by atoms with Gasteiger partial charge in [-0.2, -0.15) is 0 Å². The topological polar surface area (TPSA) is 109 Å². The van der Waals surface area contributed by atoms with Gasteiger partial charge in [0.25, 0.3) is 5.91 Å². The van der Waals surface area contributed by atoms with Gasteiger partial charge in [0.1, 0.15) is 12.3 Å². The van der Waals surface area contributed by atoms with Gasteiger partial charge in [0.2, 0.25) is 5.91 Å². The van der Waals surface area contributed by atoms with Crippen molar-refractivity contribution in [2.75, 3.05) is 0 Å². The Morgan fingerprint density at radius 2 is 1.95 bits per heavy atom. The summed E-state index contributed by atoms with van der Waals surface area (Å²) in [5.41, 5.74) is -0.119. The molecule has 0 aliphatic carbocycles. The lowest BCUT2D eigenvalue weighted by atomic mass is 10.2. The normalized spacial score (nSPS) is 13.3. The van der Waals surface area contributed by atoms with E-state index in [0.717, 1.165) is 18.8 Å². The average molecular weight is 282 g/mol. The van der Waals surface area contributed by atoms with E-state index in [1.807, 2.05) is 13.8 Å². The molecular weight excluding hydrogens is 264 g/mol. The minimum atomic E-state index is -1.18. The summed E-state index contributed by atoms with van der Waals surface area (Å²) in [6.07, 6.45) is 1.76. The van der Waals surface area contributed by atoms with Gasteiger partial charge in [0.05, 0.1) is 5.56 Å². The molecule has 0 saturated carbocycles. The molecule has 1 heterocycles. The molecule has 0 saturated heterocycles. The maximum absolute atomic E-state index is 11.8. The van der Waals surface area contributed by atoms with E-state index in [9.17, 15) is 14.4 Å². The molecule has 0 bridgehead atoms. The van der Waals surface area contributed by atoms with Gasteiger partial charge >= 0.3 is 5.97 Å². The Kier molecular flexibility index (Phi) is 5.31. The van der Waals surface area contributed by atoms with Crippen LogP contribution < -0.4 is 10.6 Å². The first-order chi connectivity index (χ1) is 9.35. The third-order valence-electron chi connectivity index (χ3n) is 2.81. The summed E-state index contributed by atoms with van der Waals surface area (Å²) in [5, 5.41) is 13.9. The molecular formula is C13H18N2O5. The Balaban J connectivity index is 2.60. The first kappa shape index (κ1) is 15.7. The number of hydrogen-bond acceptors (Lipinski definition) is 4. The van der Waals surface area contributed by atoms with Crippen molar-refractivity contribution >= 4 is 17.8 Å². The van der Waals surface area contributed by atoms with E-state index in [0.29, 0.717) is 0 Å². The molecule has 110 valence electrons. The Morgan fingerprint density at radius 3 is 2.45 bits per heavy atom. The number of aromatic carboxylic acids is 1. The molecule has 2 unspecified atom stereocenters. The monoisotopic (exact) mass is 282 g/mol. The second-order valence-corrected chi connectivity index (χ2v) is 4.52. The van der Waals surface area contributed by atoms with Crippen LogP contribution in [0.5, 0.6) is 0 Å². The molecule has 2 atom stereocenters. The molecule has 0 aromatic carbocycles. The highest BCUT2D eigenvalue weighted by atomic mass is 16.4.